The predicted octanol–water partition coefficient (Wildman–Crippen LogP) is 0.913. The maximum Gasteiger partial charge on any atom is 0.480 e. The number of aliphatic hydroxyl groups is 6. The van der Waals surface area contributed by atoms with E-state index in [1.165, 1.54) is 32.1 Å². The van der Waals surface area contributed by atoms with Crippen molar-refractivity contribution in [2.75, 3.05) is 6.61 Å². The molecule has 0 aromatic heterocycles. The molecule has 29 heavy (non-hydrogen) atoms. The molecule has 10 nitrogen and oxygen atoms in total. The minimum Gasteiger partial charge on any atom is -0.387 e. The maximum absolute atomic E-state index is 12.6. The largest absolute Gasteiger partial charge is 0.480 e. The van der Waals surface area contributed by atoms with Crippen LogP contribution in [0.3, 0.4) is 0 Å². The van der Waals surface area contributed by atoms with Crippen LogP contribution in [-0.4, -0.2) is 73.2 Å². The summed E-state index contributed by atoms with van der Waals surface area (Å²) in [7, 11) is -4.55. The van der Waals surface area contributed by atoms with Crippen molar-refractivity contribution >= 4 is 7.82 Å². The number of aliphatic hydroxyl groups excluding tert-OH is 4. The number of hydrogen-bond acceptors (Lipinski definition) is 10. The second-order valence-electron chi connectivity index (χ2n) is 7.91. The van der Waals surface area contributed by atoms with Crippen LogP contribution in [0, 0.1) is 0 Å². The average Bonchev–Trinajstić information content (AvgIpc) is 2.90. The molecule has 0 aromatic rings. The Labute approximate surface area is 171 Å². The number of unbranched alkanes of at least 4 members (excludes halogenated alkanes) is 9. The van der Waals surface area contributed by atoms with Gasteiger partial charge in [-0.3, -0.25) is 4.52 Å². The van der Waals surface area contributed by atoms with Gasteiger partial charge in [0.15, 0.2) is 0 Å². The van der Waals surface area contributed by atoms with Crippen LogP contribution in [0.25, 0.3) is 0 Å². The molecule has 0 amide bonds. The fourth-order valence-electron chi connectivity index (χ4n) is 3.68. The van der Waals surface area contributed by atoms with Gasteiger partial charge in [0, 0.05) is 0 Å². The Hall–Kier alpha value is -0.130. The molecule has 0 aromatic carbocycles. The molecule has 11 heteroatoms. The second-order valence-corrected chi connectivity index (χ2v) is 9.43. The molecule has 0 spiro atoms. The molecule has 1 aliphatic carbocycles. The molecule has 6 N–H and O–H groups in total. The van der Waals surface area contributed by atoms with Crippen LogP contribution in [-0.2, 0) is 18.1 Å². The summed E-state index contributed by atoms with van der Waals surface area (Å²) in [5.41, 5.74) is 0. The van der Waals surface area contributed by atoms with Crippen LogP contribution in [0.4, 0.5) is 0 Å². The van der Waals surface area contributed by atoms with E-state index in [0.29, 0.717) is 6.42 Å². The highest BCUT2D eigenvalue weighted by Gasteiger charge is 2.77. The lowest BCUT2D eigenvalue weighted by atomic mass is 9.79. The molecule has 2 fully saturated rings. The molecule has 1 saturated carbocycles. The Kier molecular flexibility index (Phi) is 9.06. The van der Waals surface area contributed by atoms with Crippen molar-refractivity contribution < 1.29 is 48.8 Å². The maximum atomic E-state index is 12.6. The van der Waals surface area contributed by atoms with Gasteiger partial charge in [0.2, 0.25) is 0 Å². The van der Waals surface area contributed by atoms with Crippen molar-refractivity contribution in [3.63, 3.8) is 0 Å². The Bertz CT molecular complexity index is 531. The number of hydrogen-bond donors (Lipinski definition) is 6. The van der Waals surface area contributed by atoms with Crippen LogP contribution < -0.4 is 0 Å². The van der Waals surface area contributed by atoms with E-state index in [1.54, 1.807) is 0 Å². The third-order valence-corrected chi connectivity index (χ3v) is 7.06. The van der Waals surface area contributed by atoms with Gasteiger partial charge in [-0.2, -0.15) is 0 Å². The van der Waals surface area contributed by atoms with Gasteiger partial charge in [-0.25, -0.2) is 13.6 Å². The van der Waals surface area contributed by atoms with Crippen molar-refractivity contribution in [3.05, 3.63) is 0 Å². The van der Waals surface area contributed by atoms with Gasteiger partial charge in [0.05, 0.1) is 6.61 Å². The van der Waals surface area contributed by atoms with Crippen molar-refractivity contribution in [1.29, 1.82) is 0 Å². The van der Waals surface area contributed by atoms with Crippen molar-refractivity contribution in [2.24, 2.45) is 0 Å². The second kappa shape index (κ2) is 10.5. The van der Waals surface area contributed by atoms with Gasteiger partial charge >= 0.3 is 7.82 Å². The fraction of sp³-hybridized carbons (Fsp3) is 1.00. The molecule has 172 valence electrons. The Morgan fingerprint density at radius 1 is 0.759 bits per heavy atom. The first-order valence-electron chi connectivity index (χ1n) is 10.4. The zero-order chi connectivity index (χ0) is 21.7. The van der Waals surface area contributed by atoms with E-state index in [9.17, 15) is 35.2 Å². The summed E-state index contributed by atoms with van der Waals surface area (Å²) in [5, 5.41) is 60.0. The molecule has 1 unspecified atom stereocenters. The summed E-state index contributed by atoms with van der Waals surface area (Å²) >= 11 is 0. The molecule has 1 aliphatic heterocycles. The van der Waals surface area contributed by atoms with E-state index >= 15 is 0 Å². The topological polar surface area (TPSA) is 166 Å². The van der Waals surface area contributed by atoms with Gasteiger partial charge in [0.25, 0.3) is 11.6 Å². The summed E-state index contributed by atoms with van der Waals surface area (Å²) in [4.78, 5) is 0. The molecule has 1 saturated heterocycles. The van der Waals surface area contributed by atoms with Crippen LogP contribution >= 0.6 is 7.82 Å². The quantitative estimate of drug-likeness (QED) is 0.189. The number of phosphoric acid groups is 1. The normalized spacial score (nSPS) is 42.2. The van der Waals surface area contributed by atoms with E-state index in [1.807, 2.05) is 0 Å². The van der Waals surface area contributed by atoms with Crippen LogP contribution in [0.1, 0.15) is 71.1 Å². The van der Waals surface area contributed by atoms with Gasteiger partial charge in [-0.1, -0.05) is 64.7 Å². The highest BCUT2D eigenvalue weighted by Crippen LogP contribution is 2.66. The minimum absolute atomic E-state index is 0.0583. The predicted molar refractivity (Wildman–Crippen MR) is 101 cm³/mol. The number of fused-ring (bicyclic) bond motifs is 1. The van der Waals surface area contributed by atoms with Crippen molar-refractivity contribution in [2.45, 2.75) is 107 Å². The highest BCUT2D eigenvalue weighted by atomic mass is 31.2. The SMILES string of the molecule is CCCCCCCCCCCCOP1(=O)O[C@@]2(O)[C@@H](O)[C@H](O)[C@@H](O)[C@@H](O)[C@@]2(O)O1. The molecule has 1 heterocycles. The van der Waals surface area contributed by atoms with E-state index in [2.05, 4.69) is 6.92 Å². The van der Waals surface area contributed by atoms with Crippen molar-refractivity contribution in [3.8, 4) is 0 Å². The standard InChI is InChI=1S/C18H35O10P/c1-2-3-4-5-6-7-8-9-10-11-12-26-29(25)27-17(23)15(21)13(19)14(20)16(22)18(17,24)28-29/h13-16,19-24H,2-12H2,1H3/t13-,14-,15-,16+,17-,18+,29?/m1/s1. The zero-order valence-electron chi connectivity index (χ0n) is 16.9. The Morgan fingerprint density at radius 2 is 1.14 bits per heavy atom. The van der Waals surface area contributed by atoms with Crippen molar-refractivity contribution in [1.82, 2.24) is 0 Å². The van der Waals surface area contributed by atoms with Gasteiger partial charge in [-0.05, 0) is 6.42 Å². The smallest absolute Gasteiger partial charge is 0.387 e. The van der Waals surface area contributed by atoms with Crippen LogP contribution in [0.15, 0.2) is 0 Å². The number of phosphoric ester groups is 1. The van der Waals surface area contributed by atoms with Gasteiger partial charge < -0.3 is 30.6 Å². The first-order valence-corrected chi connectivity index (χ1v) is 11.9. The Balaban J connectivity index is 1.74. The lowest BCUT2D eigenvalue weighted by molar-refractivity contribution is -0.400. The van der Waals surface area contributed by atoms with E-state index < -0.39 is 43.8 Å². The summed E-state index contributed by atoms with van der Waals surface area (Å²) < 4.78 is 27.2. The molecule has 0 bridgehead atoms. The van der Waals surface area contributed by atoms with E-state index in [0.717, 1.165) is 25.7 Å². The lowest BCUT2D eigenvalue weighted by Crippen LogP contribution is -2.76. The molecular formula is C18H35O10P. The summed E-state index contributed by atoms with van der Waals surface area (Å²) in [6, 6.07) is 0. The molecular weight excluding hydrogens is 407 g/mol. The Morgan fingerprint density at radius 3 is 1.55 bits per heavy atom. The first-order chi connectivity index (χ1) is 13.6. The third-order valence-electron chi connectivity index (χ3n) is 5.56. The highest BCUT2D eigenvalue weighted by molar-refractivity contribution is 7.48. The van der Waals surface area contributed by atoms with Crippen LogP contribution in [0.2, 0.25) is 0 Å². The minimum atomic E-state index is -4.55. The summed E-state index contributed by atoms with van der Waals surface area (Å²) in [6.45, 7) is 2.13. The molecule has 2 aliphatic rings. The van der Waals surface area contributed by atoms with Gasteiger partial charge in [0.1, 0.15) is 24.4 Å². The van der Waals surface area contributed by atoms with E-state index in [-0.39, 0.29) is 6.61 Å². The summed E-state index contributed by atoms with van der Waals surface area (Å²) in [5.74, 6) is -6.25. The third kappa shape index (κ3) is 5.38. The fourth-order valence-corrected chi connectivity index (χ4v) is 5.33. The average molecular weight is 442 g/mol. The monoisotopic (exact) mass is 442 g/mol. The first kappa shape index (κ1) is 25.1. The summed E-state index contributed by atoms with van der Waals surface area (Å²) in [6.07, 6.45) is 2.11. The van der Waals surface area contributed by atoms with E-state index in [4.69, 9.17) is 13.6 Å². The molecule has 7 atom stereocenters. The van der Waals surface area contributed by atoms with Crippen LogP contribution in [0.5, 0.6) is 0 Å². The lowest BCUT2D eigenvalue weighted by Gasteiger charge is -2.47. The number of rotatable bonds is 12. The zero-order valence-corrected chi connectivity index (χ0v) is 17.7. The molecule has 0 radical (unpaired) electrons. The van der Waals surface area contributed by atoms with Gasteiger partial charge in [-0.15, -0.1) is 0 Å². The molecule has 2 rings (SSSR count).